The molecular formula is C22H34N4O3. The summed E-state index contributed by atoms with van der Waals surface area (Å²) >= 11 is 0. The maximum absolute atomic E-state index is 11.4. The van der Waals surface area contributed by atoms with Crippen molar-refractivity contribution in [2.75, 3.05) is 0 Å². The fraction of sp³-hybridized carbons (Fsp3) is 0.591. The smallest absolute Gasteiger partial charge is 0.332 e. The summed E-state index contributed by atoms with van der Waals surface area (Å²) in [4.78, 5) is 29.4. The number of aliphatic hydroxyl groups is 1. The lowest BCUT2D eigenvalue weighted by molar-refractivity contribution is -0.0122. The van der Waals surface area contributed by atoms with Gasteiger partial charge in [0.05, 0.1) is 11.9 Å². The predicted molar refractivity (Wildman–Crippen MR) is 117 cm³/mol. The lowest BCUT2D eigenvalue weighted by Gasteiger charge is -2.34. The van der Waals surface area contributed by atoms with E-state index in [-0.39, 0.29) is 11.2 Å². The van der Waals surface area contributed by atoms with E-state index in [1.165, 1.54) is 29.1 Å². The van der Waals surface area contributed by atoms with Gasteiger partial charge in [-0.25, -0.2) is 9.78 Å². The second-order valence-electron chi connectivity index (χ2n) is 8.51. The van der Waals surface area contributed by atoms with E-state index in [9.17, 15) is 14.7 Å². The molecule has 2 aromatic heterocycles. The van der Waals surface area contributed by atoms with Crippen LogP contribution in [0.1, 0.15) is 59.8 Å². The topological polar surface area (TPSA) is 92.9 Å². The van der Waals surface area contributed by atoms with Gasteiger partial charge in [0.1, 0.15) is 5.52 Å². The van der Waals surface area contributed by atoms with E-state index in [0.717, 1.165) is 36.7 Å². The minimum Gasteiger partial charge on any atom is -0.390 e. The van der Waals surface area contributed by atoms with Crippen LogP contribution in [0, 0.1) is 5.92 Å². The Bertz CT molecular complexity index is 1020. The van der Waals surface area contributed by atoms with Gasteiger partial charge >= 0.3 is 5.69 Å². The largest absolute Gasteiger partial charge is 0.390 e. The highest BCUT2D eigenvalue weighted by Crippen LogP contribution is 2.34. The van der Waals surface area contributed by atoms with Crippen molar-refractivity contribution in [2.45, 2.75) is 65.4 Å². The van der Waals surface area contributed by atoms with Crippen LogP contribution < -0.4 is 11.2 Å². The number of nitrogens with one attached hydrogen (secondary N) is 1. The molecular weight excluding hydrogens is 368 g/mol. The molecule has 0 aromatic carbocycles. The van der Waals surface area contributed by atoms with Crippen molar-refractivity contribution >= 4 is 11.2 Å². The number of H-pyrrole nitrogens is 1. The van der Waals surface area contributed by atoms with Crippen molar-refractivity contribution in [1.82, 2.24) is 19.1 Å². The number of hydrogen-bond donors (Lipinski definition) is 2. The van der Waals surface area contributed by atoms with Crippen LogP contribution in [-0.4, -0.2) is 29.8 Å². The quantitative estimate of drug-likeness (QED) is 0.768. The van der Waals surface area contributed by atoms with Crippen LogP contribution in [0.3, 0.4) is 0 Å². The third kappa shape index (κ3) is 5.56. The van der Waals surface area contributed by atoms with E-state index in [1.54, 1.807) is 7.05 Å². The number of hydrogen-bond acceptors (Lipinski definition) is 4. The molecule has 2 atom stereocenters. The standard InChI is InChI=1S/C15H26O.C7H8N4O2/c1-12(2)6-5-11-15(4,16)14-9-7-13(3)8-10-14;1-10-5-4(8-3-9-5)6(12)11(2)7(10)13/h6-7,14,16H,5,8-11H2,1-4H3;3H,1-2H3,(H,8,9)/t14-,15+;/m0./s1. The maximum atomic E-state index is 11.4. The predicted octanol–water partition coefficient (Wildman–Crippen LogP) is 3.19. The normalized spacial score (nSPS) is 18.4. The van der Waals surface area contributed by atoms with Crippen molar-refractivity contribution in [1.29, 1.82) is 0 Å². The molecule has 0 unspecified atom stereocenters. The van der Waals surface area contributed by atoms with Crippen molar-refractivity contribution in [3.8, 4) is 0 Å². The van der Waals surface area contributed by atoms with Gasteiger partial charge in [-0.15, -0.1) is 0 Å². The molecule has 0 aliphatic heterocycles. The SMILES string of the molecule is CC(C)=CCC[C@@](C)(O)[C@H]1CC=C(C)CC1.Cn1c(=O)c2[nH]cnc2n(C)c1=O. The van der Waals surface area contributed by atoms with E-state index in [1.807, 2.05) is 6.92 Å². The zero-order chi connectivity index (χ0) is 21.8. The zero-order valence-corrected chi connectivity index (χ0v) is 18.5. The summed E-state index contributed by atoms with van der Waals surface area (Å²) < 4.78 is 2.37. The Kier molecular flexibility index (Phi) is 7.41. The van der Waals surface area contributed by atoms with Gasteiger partial charge in [0, 0.05) is 14.1 Å². The summed E-state index contributed by atoms with van der Waals surface area (Å²) in [7, 11) is 3.01. The lowest BCUT2D eigenvalue weighted by Crippen LogP contribution is -2.36. The van der Waals surface area contributed by atoms with Gasteiger partial charge in [0.15, 0.2) is 5.65 Å². The number of aromatic amines is 1. The molecule has 0 amide bonds. The Morgan fingerprint density at radius 3 is 2.62 bits per heavy atom. The van der Waals surface area contributed by atoms with Crippen LogP contribution >= 0.6 is 0 Å². The van der Waals surface area contributed by atoms with Crippen LogP contribution in [0.25, 0.3) is 11.2 Å². The average molecular weight is 403 g/mol. The van der Waals surface area contributed by atoms with Crippen LogP contribution in [0.4, 0.5) is 0 Å². The molecule has 3 rings (SSSR count). The Morgan fingerprint density at radius 2 is 2.03 bits per heavy atom. The molecule has 0 radical (unpaired) electrons. The first-order valence-corrected chi connectivity index (χ1v) is 10.1. The van der Waals surface area contributed by atoms with E-state index in [2.05, 4.69) is 42.9 Å². The number of imidazole rings is 1. The second-order valence-corrected chi connectivity index (χ2v) is 8.51. The molecule has 0 bridgehead atoms. The van der Waals surface area contributed by atoms with Crippen molar-refractivity contribution in [2.24, 2.45) is 20.0 Å². The molecule has 1 aliphatic rings. The third-order valence-electron chi connectivity index (χ3n) is 5.75. The van der Waals surface area contributed by atoms with Gasteiger partial charge in [-0.1, -0.05) is 23.3 Å². The van der Waals surface area contributed by atoms with Crippen LogP contribution in [0.15, 0.2) is 39.2 Å². The highest BCUT2D eigenvalue weighted by Gasteiger charge is 2.31. The van der Waals surface area contributed by atoms with Gasteiger partial charge in [-0.3, -0.25) is 13.9 Å². The first kappa shape index (κ1) is 22.9. The summed E-state index contributed by atoms with van der Waals surface area (Å²) in [6, 6.07) is 0. The molecule has 1 aliphatic carbocycles. The van der Waals surface area contributed by atoms with Crippen molar-refractivity contribution in [3.05, 3.63) is 50.5 Å². The van der Waals surface area contributed by atoms with Crippen LogP contribution in [-0.2, 0) is 14.1 Å². The molecule has 7 nitrogen and oxygen atoms in total. The van der Waals surface area contributed by atoms with Gasteiger partial charge in [-0.2, -0.15) is 0 Å². The molecule has 2 aromatic rings. The number of allylic oxidation sites excluding steroid dienone is 4. The Morgan fingerprint density at radius 1 is 1.34 bits per heavy atom. The van der Waals surface area contributed by atoms with Gasteiger partial charge in [0.25, 0.3) is 5.56 Å². The fourth-order valence-corrected chi connectivity index (χ4v) is 3.66. The Labute approximate surface area is 171 Å². The molecule has 0 fully saturated rings. The van der Waals surface area contributed by atoms with E-state index in [4.69, 9.17) is 0 Å². The van der Waals surface area contributed by atoms with Gasteiger partial charge < -0.3 is 10.1 Å². The summed E-state index contributed by atoms with van der Waals surface area (Å²) in [5, 5.41) is 10.5. The molecule has 160 valence electrons. The molecule has 2 N–H and O–H groups in total. The second kappa shape index (κ2) is 9.39. The first-order valence-electron chi connectivity index (χ1n) is 10.1. The number of nitrogens with zero attached hydrogens (tertiary/aromatic N) is 3. The highest BCUT2D eigenvalue weighted by molar-refractivity contribution is 5.68. The summed E-state index contributed by atoms with van der Waals surface area (Å²) in [6.45, 7) is 8.42. The molecule has 29 heavy (non-hydrogen) atoms. The number of aromatic nitrogens is 4. The fourth-order valence-electron chi connectivity index (χ4n) is 3.66. The van der Waals surface area contributed by atoms with E-state index < -0.39 is 5.60 Å². The molecule has 2 heterocycles. The average Bonchev–Trinajstić information content (AvgIpc) is 3.15. The number of fused-ring (bicyclic) bond motifs is 1. The molecule has 7 heteroatoms. The summed E-state index contributed by atoms with van der Waals surface area (Å²) in [5.41, 5.74) is 2.34. The monoisotopic (exact) mass is 402 g/mol. The first-order chi connectivity index (χ1) is 13.5. The van der Waals surface area contributed by atoms with Crippen LogP contribution in [0.2, 0.25) is 0 Å². The minimum atomic E-state index is -0.497. The molecule has 0 saturated heterocycles. The van der Waals surface area contributed by atoms with Gasteiger partial charge in [0.2, 0.25) is 0 Å². The third-order valence-corrected chi connectivity index (χ3v) is 5.75. The number of rotatable bonds is 4. The minimum absolute atomic E-state index is 0.351. The lowest BCUT2D eigenvalue weighted by atomic mass is 9.76. The Balaban J connectivity index is 0.000000211. The van der Waals surface area contributed by atoms with Crippen molar-refractivity contribution < 1.29 is 5.11 Å². The number of aryl methyl sites for hydroxylation is 1. The summed E-state index contributed by atoms with van der Waals surface area (Å²) in [6.07, 6.45) is 11.1. The molecule has 0 saturated carbocycles. The van der Waals surface area contributed by atoms with E-state index >= 15 is 0 Å². The van der Waals surface area contributed by atoms with Crippen LogP contribution in [0.5, 0.6) is 0 Å². The van der Waals surface area contributed by atoms with Crippen molar-refractivity contribution in [3.63, 3.8) is 0 Å². The van der Waals surface area contributed by atoms with E-state index in [0.29, 0.717) is 17.1 Å². The maximum Gasteiger partial charge on any atom is 0.332 e. The summed E-state index contributed by atoms with van der Waals surface area (Å²) in [5.74, 6) is 0.446. The van der Waals surface area contributed by atoms with Gasteiger partial charge in [-0.05, 0) is 65.7 Å². The highest BCUT2D eigenvalue weighted by atomic mass is 16.3. The molecule has 0 spiro atoms. The zero-order valence-electron chi connectivity index (χ0n) is 18.5. The Hall–Kier alpha value is -2.41.